The van der Waals surface area contributed by atoms with E-state index in [1.807, 2.05) is 48.9 Å². The molecule has 32 heavy (non-hydrogen) atoms. The fourth-order valence-electron chi connectivity index (χ4n) is 3.38. The second-order valence-electron chi connectivity index (χ2n) is 7.54. The maximum atomic E-state index is 12.9. The van der Waals surface area contributed by atoms with Crippen LogP contribution in [0.15, 0.2) is 59.9 Å². The van der Waals surface area contributed by atoms with Gasteiger partial charge in [-0.25, -0.2) is 9.97 Å². The number of aryl methyl sites for hydroxylation is 3. The molecule has 4 aromatic rings. The van der Waals surface area contributed by atoms with Gasteiger partial charge >= 0.3 is 10.4 Å². The van der Waals surface area contributed by atoms with Crippen LogP contribution in [0.2, 0.25) is 0 Å². The Morgan fingerprint density at radius 3 is 2.38 bits per heavy atom. The Bertz CT molecular complexity index is 1280. The van der Waals surface area contributed by atoms with Gasteiger partial charge in [0.1, 0.15) is 17.3 Å². The molecule has 0 aliphatic carbocycles. The summed E-state index contributed by atoms with van der Waals surface area (Å²) in [5.41, 5.74) is 4.14. The molecule has 0 saturated carbocycles. The number of rotatable bonds is 7. The second-order valence-corrected chi connectivity index (χ2v) is 9.27. The van der Waals surface area contributed by atoms with Gasteiger partial charge < -0.3 is 9.88 Å². The minimum atomic E-state index is -3.51. The quantitative estimate of drug-likeness (QED) is 0.367. The summed E-state index contributed by atoms with van der Waals surface area (Å²) in [6, 6.07) is 11.4. The molecule has 0 spiro atoms. The molecule has 0 aliphatic rings. The van der Waals surface area contributed by atoms with Crippen LogP contribution in [-0.4, -0.2) is 28.9 Å². The van der Waals surface area contributed by atoms with Crippen LogP contribution >= 0.6 is 0 Å². The number of imidazole rings is 1. The maximum Gasteiger partial charge on any atom is 0.347 e. The highest BCUT2D eigenvalue weighted by atomic mass is 32.3. The van der Waals surface area contributed by atoms with E-state index >= 15 is 0 Å². The summed E-state index contributed by atoms with van der Waals surface area (Å²) in [6.07, 6.45) is 5.11. The third-order valence-corrected chi connectivity index (χ3v) is 6.68. The van der Waals surface area contributed by atoms with Gasteiger partial charge in [0.25, 0.3) is 0 Å². The first-order valence-corrected chi connectivity index (χ1v) is 11.6. The zero-order chi connectivity index (χ0) is 22.9. The van der Waals surface area contributed by atoms with Gasteiger partial charge in [-0.15, -0.1) is 0 Å². The first kappa shape index (κ1) is 21.7. The number of aromatic nitrogens is 5. The van der Waals surface area contributed by atoms with E-state index in [1.165, 1.54) is 6.20 Å². The minimum absolute atomic E-state index is 0.200. The molecule has 3 aromatic heterocycles. The molecule has 10 heteroatoms. The molecular formula is C22H26N7O2S+. The second kappa shape index (κ2) is 8.56. The van der Waals surface area contributed by atoms with Crippen LogP contribution in [0.4, 0.5) is 11.5 Å². The molecule has 1 aromatic carbocycles. The molecule has 0 fully saturated rings. The lowest BCUT2D eigenvalue weighted by atomic mass is 10.2. The monoisotopic (exact) mass is 452 g/mol. The summed E-state index contributed by atoms with van der Waals surface area (Å²) in [5.74, 6) is 1.55. The third kappa shape index (κ3) is 4.41. The van der Waals surface area contributed by atoms with Crippen molar-refractivity contribution in [3.05, 3.63) is 77.8 Å². The number of nitrogens with zero attached hydrogens (tertiary/aromatic N) is 5. The van der Waals surface area contributed by atoms with E-state index in [-0.39, 0.29) is 4.90 Å². The van der Waals surface area contributed by atoms with Crippen molar-refractivity contribution < 1.29 is 8.76 Å². The van der Waals surface area contributed by atoms with Crippen LogP contribution < -0.4 is 10.0 Å². The Hall–Kier alpha value is -3.50. The molecule has 166 valence electrons. The molecule has 0 bridgehead atoms. The summed E-state index contributed by atoms with van der Waals surface area (Å²) >= 11 is 0. The van der Waals surface area contributed by atoms with Crippen molar-refractivity contribution in [3.8, 4) is 5.69 Å². The lowest BCUT2D eigenvalue weighted by Gasteiger charge is -2.09. The van der Waals surface area contributed by atoms with Crippen LogP contribution in [0.5, 0.6) is 0 Å². The van der Waals surface area contributed by atoms with E-state index in [1.54, 1.807) is 37.0 Å². The molecule has 1 unspecified atom stereocenters. The van der Waals surface area contributed by atoms with Gasteiger partial charge in [0.15, 0.2) is 0 Å². The number of hydrogen-bond acceptors (Lipinski definition) is 5. The van der Waals surface area contributed by atoms with E-state index < -0.39 is 10.4 Å². The molecule has 4 rings (SSSR count). The highest BCUT2D eigenvalue weighted by Gasteiger charge is 2.32. The molecule has 0 saturated heterocycles. The third-order valence-electron chi connectivity index (χ3n) is 5.32. The Morgan fingerprint density at radius 1 is 1.06 bits per heavy atom. The number of pyridine rings is 1. The fourth-order valence-corrected chi connectivity index (χ4v) is 4.52. The van der Waals surface area contributed by atoms with Crippen LogP contribution in [0.3, 0.4) is 0 Å². The van der Waals surface area contributed by atoms with Crippen LogP contribution in [0.1, 0.15) is 22.8 Å². The first-order valence-electron chi connectivity index (χ1n) is 10.1. The van der Waals surface area contributed by atoms with Crippen molar-refractivity contribution in [1.29, 1.82) is 0 Å². The van der Waals surface area contributed by atoms with Crippen molar-refractivity contribution in [2.75, 3.05) is 10.0 Å². The summed E-state index contributed by atoms with van der Waals surface area (Å²) in [5, 5.41) is 7.51. The number of nitrogens with one attached hydrogen (secondary N) is 2. The van der Waals surface area contributed by atoms with E-state index in [2.05, 4.69) is 25.1 Å². The summed E-state index contributed by atoms with van der Waals surface area (Å²) < 4.78 is 29.8. The average molecular weight is 453 g/mol. The van der Waals surface area contributed by atoms with Gasteiger partial charge in [0, 0.05) is 37.7 Å². The number of benzene rings is 1. The van der Waals surface area contributed by atoms with Crippen molar-refractivity contribution in [1.82, 2.24) is 24.3 Å². The van der Waals surface area contributed by atoms with Crippen LogP contribution in [-0.2, 0) is 28.2 Å². The highest BCUT2D eigenvalue weighted by Crippen LogP contribution is 2.25. The van der Waals surface area contributed by atoms with Gasteiger partial charge in [-0.05, 0) is 48.7 Å². The molecule has 9 nitrogen and oxygen atoms in total. The lowest BCUT2D eigenvalue weighted by molar-refractivity contribution is 0.502. The Balaban J connectivity index is 1.40. The molecule has 0 amide bonds. The summed E-state index contributed by atoms with van der Waals surface area (Å²) in [6.45, 7) is 6.17. The topological polar surface area (TPSA) is 110 Å². The van der Waals surface area contributed by atoms with E-state index in [9.17, 15) is 8.76 Å². The predicted molar refractivity (Wildman–Crippen MR) is 125 cm³/mol. The molecule has 3 heterocycles. The minimum Gasteiger partial charge on any atom is -0.366 e. The Morgan fingerprint density at radius 2 is 1.81 bits per heavy atom. The fraction of sp³-hybridized carbons (Fsp3) is 0.227. The van der Waals surface area contributed by atoms with Gasteiger partial charge in [-0.2, -0.15) is 14.4 Å². The molecule has 3 N–H and O–H groups in total. The normalized spacial score (nSPS) is 13.0. The van der Waals surface area contributed by atoms with E-state index in [4.69, 9.17) is 0 Å². The van der Waals surface area contributed by atoms with Gasteiger partial charge in [-0.3, -0.25) is 4.68 Å². The van der Waals surface area contributed by atoms with E-state index in [0.29, 0.717) is 23.7 Å². The molecule has 1 atom stereocenters. The van der Waals surface area contributed by atoms with Crippen molar-refractivity contribution in [2.45, 2.75) is 32.2 Å². The molecular weight excluding hydrogens is 426 g/mol. The average Bonchev–Trinajstić information content (AvgIpc) is 3.31. The Labute approximate surface area is 187 Å². The molecule has 0 aliphatic heterocycles. The Kier molecular flexibility index (Phi) is 5.81. The largest absolute Gasteiger partial charge is 0.366 e. The standard InChI is InChI=1S/C22H25N7O2S/c1-15-22(16(2)28(4)26-15)27-32(30,31)20-9-10-21(25-14-20)24-13-18-5-7-19(8-6-18)29-12-11-23-17(29)3/h5-12,14H,13H2,1-4H3,(H2-,24,25,27,30,31)/p+1. The van der Waals surface area contributed by atoms with Crippen molar-refractivity contribution >= 4 is 21.9 Å². The van der Waals surface area contributed by atoms with Gasteiger partial charge in [0.2, 0.25) is 4.90 Å². The zero-order valence-electron chi connectivity index (χ0n) is 18.4. The van der Waals surface area contributed by atoms with Crippen molar-refractivity contribution in [3.63, 3.8) is 0 Å². The van der Waals surface area contributed by atoms with E-state index in [0.717, 1.165) is 22.8 Å². The number of anilines is 2. The van der Waals surface area contributed by atoms with Crippen LogP contribution in [0, 0.1) is 20.8 Å². The number of hydrogen-bond donors (Lipinski definition) is 3. The van der Waals surface area contributed by atoms with Crippen LogP contribution in [0.25, 0.3) is 5.69 Å². The predicted octanol–water partition coefficient (Wildman–Crippen LogP) is 3.90. The van der Waals surface area contributed by atoms with Gasteiger partial charge in [0.05, 0.1) is 17.6 Å². The highest BCUT2D eigenvalue weighted by molar-refractivity contribution is 7.99. The van der Waals surface area contributed by atoms with Gasteiger partial charge in [-0.1, -0.05) is 12.1 Å². The lowest BCUT2D eigenvalue weighted by Crippen LogP contribution is -2.21. The summed E-state index contributed by atoms with van der Waals surface area (Å²) in [7, 11) is -1.72. The SMILES string of the molecule is Cc1nn(C)c(C)c1N[S+](=O)(O)c1ccc(NCc2ccc(-n3ccnc3C)cc2)nc1. The van der Waals surface area contributed by atoms with Crippen molar-refractivity contribution in [2.24, 2.45) is 7.05 Å². The smallest absolute Gasteiger partial charge is 0.347 e. The molecule has 0 radical (unpaired) electrons. The zero-order valence-corrected chi connectivity index (χ0v) is 19.2. The maximum absolute atomic E-state index is 12.9. The summed E-state index contributed by atoms with van der Waals surface area (Å²) in [4.78, 5) is 8.74. The first-order chi connectivity index (χ1) is 15.2.